The first-order valence-electron chi connectivity index (χ1n) is 7.60. The summed E-state index contributed by atoms with van der Waals surface area (Å²) in [6, 6.07) is 10.4. The minimum absolute atomic E-state index is 0.00285. The Bertz CT molecular complexity index is 790. The van der Waals surface area contributed by atoms with Crippen LogP contribution in [0.1, 0.15) is 22.3 Å². The fourth-order valence-electron chi connectivity index (χ4n) is 2.06. The van der Waals surface area contributed by atoms with Gasteiger partial charge in [-0.25, -0.2) is 0 Å². The summed E-state index contributed by atoms with van der Waals surface area (Å²) in [5.41, 5.74) is -0.578. The van der Waals surface area contributed by atoms with Crippen molar-refractivity contribution in [3.05, 3.63) is 59.7 Å². The lowest BCUT2D eigenvalue weighted by molar-refractivity contribution is -0.140. The van der Waals surface area contributed by atoms with E-state index in [9.17, 15) is 22.8 Å². The van der Waals surface area contributed by atoms with Gasteiger partial charge in [0.15, 0.2) is 0 Å². The Kier molecular flexibility index (Phi) is 6.21. The Hall–Kier alpha value is -3.03. The molecule has 2 aromatic carbocycles. The molecule has 8 heteroatoms. The molecule has 0 aliphatic rings. The largest absolute Gasteiger partial charge is 0.469 e. The SMILES string of the molecule is COC(=O)CCNC(=O)c1cccc(Oc2cccc(C(F)(F)F)c2)c1. The van der Waals surface area contributed by atoms with Crippen molar-refractivity contribution in [1.29, 1.82) is 0 Å². The topological polar surface area (TPSA) is 64.6 Å². The van der Waals surface area contributed by atoms with Crippen LogP contribution in [-0.2, 0) is 15.7 Å². The number of nitrogens with one attached hydrogen (secondary N) is 1. The van der Waals surface area contributed by atoms with Crippen molar-refractivity contribution in [2.24, 2.45) is 0 Å². The summed E-state index contributed by atoms with van der Waals surface area (Å²) in [4.78, 5) is 23.0. The molecule has 1 amide bonds. The highest BCUT2D eigenvalue weighted by atomic mass is 19.4. The van der Waals surface area contributed by atoms with Gasteiger partial charge in [0.05, 0.1) is 19.1 Å². The smallest absolute Gasteiger partial charge is 0.416 e. The van der Waals surface area contributed by atoms with E-state index in [1.165, 1.54) is 43.5 Å². The highest BCUT2D eigenvalue weighted by Gasteiger charge is 2.30. The van der Waals surface area contributed by atoms with Gasteiger partial charge in [-0.3, -0.25) is 9.59 Å². The standard InChI is InChI=1S/C18H16F3NO4/c1-25-16(23)8-9-22-17(24)12-4-2-6-14(10-12)26-15-7-3-5-13(11-15)18(19,20)21/h2-7,10-11H,8-9H2,1H3,(H,22,24). The summed E-state index contributed by atoms with van der Waals surface area (Å²) in [7, 11) is 1.25. The fraction of sp³-hybridized carbons (Fsp3) is 0.222. The van der Waals surface area contributed by atoms with E-state index in [0.717, 1.165) is 12.1 Å². The van der Waals surface area contributed by atoms with Crippen LogP contribution in [-0.4, -0.2) is 25.5 Å². The molecule has 5 nitrogen and oxygen atoms in total. The van der Waals surface area contributed by atoms with Gasteiger partial charge in [-0.05, 0) is 36.4 Å². The Balaban J connectivity index is 2.05. The average Bonchev–Trinajstić information content (AvgIpc) is 2.61. The molecule has 0 aliphatic heterocycles. The number of esters is 1. The van der Waals surface area contributed by atoms with E-state index >= 15 is 0 Å². The predicted octanol–water partition coefficient (Wildman–Crippen LogP) is 3.79. The lowest BCUT2D eigenvalue weighted by atomic mass is 10.2. The number of methoxy groups -OCH3 is 1. The van der Waals surface area contributed by atoms with E-state index in [1.807, 2.05) is 0 Å². The Labute approximate surface area is 147 Å². The van der Waals surface area contributed by atoms with Crippen LogP contribution < -0.4 is 10.1 Å². The normalized spacial score (nSPS) is 10.9. The maximum Gasteiger partial charge on any atom is 0.416 e. The molecule has 0 heterocycles. The van der Waals surface area contributed by atoms with Gasteiger partial charge in [-0.15, -0.1) is 0 Å². The van der Waals surface area contributed by atoms with E-state index in [0.29, 0.717) is 0 Å². The molecule has 138 valence electrons. The van der Waals surface area contributed by atoms with Crippen LogP contribution in [0.5, 0.6) is 11.5 Å². The monoisotopic (exact) mass is 367 g/mol. The van der Waals surface area contributed by atoms with E-state index in [1.54, 1.807) is 0 Å². The molecule has 1 N–H and O–H groups in total. The predicted molar refractivity (Wildman–Crippen MR) is 86.9 cm³/mol. The van der Waals surface area contributed by atoms with Gasteiger partial charge in [-0.1, -0.05) is 12.1 Å². The molecule has 0 unspecified atom stereocenters. The molecule has 2 aromatic rings. The van der Waals surface area contributed by atoms with Gasteiger partial charge in [0.2, 0.25) is 0 Å². The molecule has 2 rings (SSSR count). The third kappa shape index (κ3) is 5.51. The second-order valence-corrected chi connectivity index (χ2v) is 5.24. The molecular formula is C18H16F3NO4. The maximum atomic E-state index is 12.7. The number of amides is 1. The lowest BCUT2D eigenvalue weighted by Crippen LogP contribution is -2.26. The average molecular weight is 367 g/mol. The number of carbonyl (C=O) groups excluding carboxylic acids is 2. The Morgan fingerprint density at radius 1 is 1.04 bits per heavy atom. The molecule has 0 aromatic heterocycles. The number of hydrogen-bond donors (Lipinski definition) is 1. The second-order valence-electron chi connectivity index (χ2n) is 5.24. The number of ether oxygens (including phenoxy) is 2. The number of alkyl halides is 3. The number of benzene rings is 2. The highest BCUT2D eigenvalue weighted by Crippen LogP contribution is 2.32. The molecular weight excluding hydrogens is 351 g/mol. The summed E-state index contributed by atoms with van der Waals surface area (Å²) >= 11 is 0. The Morgan fingerprint density at radius 3 is 2.35 bits per heavy atom. The number of carbonyl (C=O) groups is 2. The van der Waals surface area contributed by atoms with E-state index in [2.05, 4.69) is 10.1 Å². The lowest BCUT2D eigenvalue weighted by Gasteiger charge is -2.11. The fourth-order valence-corrected chi connectivity index (χ4v) is 2.06. The van der Waals surface area contributed by atoms with Crippen LogP contribution in [0.3, 0.4) is 0 Å². The van der Waals surface area contributed by atoms with Crippen molar-refractivity contribution in [3.8, 4) is 11.5 Å². The summed E-state index contributed by atoms with van der Waals surface area (Å²) in [5.74, 6) is -0.677. The third-order valence-electron chi connectivity index (χ3n) is 3.34. The highest BCUT2D eigenvalue weighted by molar-refractivity contribution is 5.94. The number of halogens is 3. The van der Waals surface area contributed by atoms with Gasteiger partial charge < -0.3 is 14.8 Å². The molecule has 0 fully saturated rings. The maximum absolute atomic E-state index is 12.7. The molecule has 0 spiro atoms. The quantitative estimate of drug-likeness (QED) is 0.789. The minimum Gasteiger partial charge on any atom is -0.469 e. The van der Waals surface area contributed by atoms with Crippen molar-refractivity contribution in [1.82, 2.24) is 5.32 Å². The third-order valence-corrected chi connectivity index (χ3v) is 3.34. The van der Waals surface area contributed by atoms with E-state index in [-0.39, 0.29) is 30.0 Å². The van der Waals surface area contributed by atoms with Crippen molar-refractivity contribution in [2.45, 2.75) is 12.6 Å². The molecule has 0 aliphatic carbocycles. The first-order valence-corrected chi connectivity index (χ1v) is 7.60. The molecule has 0 atom stereocenters. The van der Waals surface area contributed by atoms with Gasteiger partial charge in [0.1, 0.15) is 11.5 Å². The van der Waals surface area contributed by atoms with Crippen LogP contribution in [0.15, 0.2) is 48.5 Å². The van der Waals surface area contributed by atoms with Gasteiger partial charge in [0.25, 0.3) is 5.91 Å². The zero-order valence-corrected chi connectivity index (χ0v) is 13.8. The van der Waals surface area contributed by atoms with Gasteiger partial charge >= 0.3 is 12.1 Å². The van der Waals surface area contributed by atoms with Crippen LogP contribution in [0.4, 0.5) is 13.2 Å². The summed E-state index contributed by atoms with van der Waals surface area (Å²) in [6.07, 6.45) is -4.44. The van der Waals surface area contributed by atoms with Crippen LogP contribution in [0.2, 0.25) is 0 Å². The minimum atomic E-state index is -4.47. The summed E-state index contributed by atoms with van der Waals surface area (Å²) in [6.45, 7) is 0.101. The summed E-state index contributed by atoms with van der Waals surface area (Å²) < 4.78 is 48.1. The molecule has 0 bridgehead atoms. The molecule has 26 heavy (non-hydrogen) atoms. The van der Waals surface area contributed by atoms with Crippen molar-refractivity contribution in [2.75, 3.05) is 13.7 Å². The Morgan fingerprint density at radius 2 is 1.69 bits per heavy atom. The van der Waals surface area contributed by atoms with Gasteiger partial charge in [-0.2, -0.15) is 13.2 Å². The number of hydrogen-bond acceptors (Lipinski definition) is 4. The van der Waals surface area contributed by atoms with E-state index in [4.69, 9.17) is 4.74 Å². The zero-order chi connectivity index (χ0) is 19.2. The molecule has 0 saturated heterocycles. The van der Waals surface area contributed by atoms with E-state index < -0.39 is 23.6 Å². The van der Waals surface area contributed by atoms with Crippen molar-refractivity contribution >= 4 is 11.9 Å². The van der Waals surface area contributed by atoms with Crippen LogP contribution in [0, 0.1) is 0 Å². The number of rotatable bonds is 6. The second kappa shape index (κ2) is 8.37. The molecule has 0 saturated carbocycles. The van der Waals surface area contributed by atoms with Crippen LogP contribution >= 0.6 is 0 Å². The van der Waals surface area contributed by atoms with Crippen molar-refractivity contribution < 1.29 is 32.2 Å². The first kappa shape index (κ1) is 19.3. The molecule has 0 radical (unpaired) electrons. The van der Waals surface area contributed by atoms with Crippen LogP contribution in [0.25, 0.3) is 0 Å². The first-order chi connectivity index (χ1) is 12.3. The zero-order valence-electron chi connectivity index (χ0n) is 13.8. The van der Waals surface area contributed by atoms with Crippen molar-refractivity contribution in [3.63, 3.8) is 0 Å². The van der Waals surface area contributed by atoms with Gasteiger partial charge in [0, 0.05) is 12.1 Å². The summed E-state index contributed by atoms with van der Waals surface area (Å²) in [5, 5.41) is 2.54.